The molecule has 0 saturated heterocycles. The highest BCUT2D eigenvalue weighted by Crippen LogP contribution is 2.31. The molecule has 0 saturated carbocycles. The molecule has 6 heteroatoms. The first-order valence-corrected chi connectivity index (χ1v) is 12.2. The van der Waals surface area contributed by atoms with E-state index in [1.54, 1.807) is 12.3 Å². The van der Waals surface area contributed by atoms with Gasteiger partial charge in [0.2, 0.25) is 5.95 Å². The second kappa shape index (κ2) is 12.3. The minimum atomic E-state index is 0.661. The monoisotopic (exact) mass is 475 g/mol. The van der Waals surface area contributed by atoms with Crippen LogP contribution in [0.3, 0.4) is 0 Å². The number of benzene rings is 1. The van der Waals surface area contributed by atoms with E-state index >= 15 is 0 Å². The molecule has 3 aromatic rings. The number of nitrogens with zero attached hydrogens (tertiary/aromatic N) is 5. The fraction of sp³-hybridized carbons (Fsp3) is 0.321. The summed E-state index contributed by atoms with van der Waals surface area (Å²) in [6.45, 7) is 12.7. The van der Waals surface area contributed by atoms with Crippen LogP contribution >= 0.6 is 11.6 Å². The molecule has 178 valence electrons. The van der Waals surface area contributed by atoms with Gasteiger partial charge >= 0.3 is 0 Å². The van der Waals surface area contributed by atoms with Crippen LogP contribution in [0.25, 0.3) is 5.57 Å². The predicted octanol–water partition coefficient (Wildman–Crippen LogP) is 6.71. The first kappa shape index (κ1) is 25.4. The fourth-order valence-electron chi connectivity index (χ4n) is 3.78. The maximum Gasteiger partial charge on any atom is 0.227 e. The lowest BCUT2D eigenvalue weighted by Gasteiger charge is -2.26. The molecule has 2 heterocycles. The van der Waals surface area contributed by atoms with Crippen molar-refractivity contribution in [2.45, 2.75) is 40.2 Å². The van der Waals surface area contributed by atoms with Gasteiger partial charge in [0.1, 0.15) is 5.82 Å². The molecule has 34 heavy (non-hydrogen) atoms. The summed E-state index contributed by atoms with van der Waals surface area (Å²) in [5.74, 6) is 1.58. The van der Waals surface area contributed by atoms with Crippen molar-refractivity contribution >= 4 is 28.9 Å². The van der Waals surface area contributed by atoms with E-state index in [1.165, 1.54) is 0 Å². The molecular weight excluding hydrogens is 442 g/mol. The SMILES string of the molecule is C=C/C=C(/c1ccccn1)c1cnc(N(CC)CCCC)nc1N(C)Cc1ccc(C)c(Cl)c1. The minimum Gasteiger partial charge on any atom is -0.355 e. The molecule has 0 amide bonds. The van der Waals surface area contributed by atoms with Gasteiger partial charge in [-0.15, -0.1) is 0 Å². The molecule has 0 fully saturated rings. The van der Waals surface area contributed by atoms with Crippen LogP contribution in [-0.2, 0) is 6.54 Å². The van der Waals surface area contributed by atoms with Crippen molar-refractivity contribution in [2.24, 2.45) is 0 Å². The summed E-state index contributed by atoms with van der Waals surface area (Å²) in [6, 6.07) is 12.1. The lowest BCUT2D eigenvalue weighted by molar-refractivity contribution is 0.712. The molecule has 1 aromatic carbocycles. The van der Waals surface area contributed by atoms with Crippen molar-refractivity contribution in [3.8, 4) is 0 Å². The van der Waals surface area contributed by atoms with Gasteiger partial charge in [0, 0.05) is 55.2 Å². The van der Waals surface area contributed by atoms with E-state index < -0.39 is 0 Å². The van der Waals surface area contributed by atoms with Crippen LogP contribution < -0.4 is 9.80 Å². The van der Waals surface area contributed by atoms with Crippen LogP contribution in [0.15, 0.2) is 67.5 Å². The van der Waals surface area contributed by atoms with Gasteiger partial charge < -0.3 is 9.80 Å². The number of pyridine rings is 1. The average Bonchev–Trinajstić information content (AvgIpc) is 2.86. The number of aromatic nitrogens is 3. The third kappa shape index (κ3) is 6.23. The number of hydrogen-bond donors (Lipinski definition) is 0. The van der Waals surface area contributed by atoms with E-state index in [0.29, 0.717) is 6.54 Å². The first-order valence-electron chi connectivity index (χ1n) is 11.8. The van der Waals surface area contributed by atoms with E-state index in [9.17, 15) is 0 Å². The van der Waals surface area contributed by atoms with Crippen LogP contribution in [0.4, 0.5) is 11.8 Å². The minimum absolute atomic E-state index is 0.661. The van der Waals surface area contributed by atoms with Gasteiger partial charge in [-0.05, 0) is 49.6 Å². The average molecular weight is 476 g/mol. The zero-order chi connectivity index (χ0) is 24.5. The van der Waals surface area contributed by atoms with E-state index in [4.69, 9.17) is 21.6 Å². The van der Waals surface area contributed by atoms with Gasteiger partial charge in [-0.25, -0.2) is 4.98 Å². The topological polar surface area (TPSA) is 45.2 Å². The number of allylic oxidation sites excluding steroid dienone is 2. The summed E-state index contributed by atoms with van der Waals surface area (Å²) in [7, 11) is 2.05. The molecule has 0 aliphatic heterocycles. The van der Waals surface area contributed by atoms with Crippen molar-refractivity contribution in [3.05, 3.63) is 94.9 Å². The van der Waals surface area contributed by atoms with Crippen molar-refractivity contribution in [2.75, 3.05) is 29.9 Å². The van der Waals surface area contributed by atoms with Gasteiger partial charge in [-0.2, -0.15) is 4.98 Å². The number of rotatable bonds is 11. The summed E-state index contributed by atoms with van der Waals surface area (Å²) in [6.07, 6.45) is 9.68. The molecule has 5 nitrogen and oxygen atoms in total. The zero-order valence-electron chi connectivity index (χ0n) is 20.6. The van der Waals surface area contributed by atoms with Crippen molar-refractivity contribution < 1.29 is 0 Å². The van der Waals surface area contributed by atoms with Crippen LogP contribution in [0.1, 0.15) is 49.1 Å². The summed E-state index contributed by atoms with van der Waals surface area (Å²) in [4.78, 5) is 18.8. The highest BCUT2D eigenvalue weighted by molar-refractivity contribution is 6.31. The Bertz CT molecular complexity index is 1130. The van der Waals surface area contributed by atoms with Crippen LogP contribution in [0.5, 0.6) is 0 Å². The van der Waals surface area contributed by atoms with Gasteiger partial charge in [0.15, 0.2) is 0 Å². The van der Waals surface area contributed by atoms with Crippen molar-refractivity contribution in [1.82, 2.24) is 15.0 Å². The van der Waals surface area contributed by atoms with Gasteiger partial charge in [-0.3, -0.25) is 4.98 Å². The van der Waals surface area contributed by atoms with Gasteiger partial charge in [-0.1, -0.05) is 61.9 Å². The zero-order valence-corrected chi connectivity index (χ0v) is 21.4. The molecule has 0 bridgehead atoms. The van der Waals surface area contributed by atoms with Crippen LogP contribution in [0.2, 0.25) is 5.02 Å². The predicted molar refractivity (Wildman–Crippen MR) is 145 cm³/mol. The van der Waals surface area contributed by atoms with Crippen LogP contribution in [-0.4, -0.2) is 35.1 Å². The fourth-order valence-corrected chi connectivity index (χ4v) is 3.99. The first-order chi connectivity index (χ1) is 16.5. The summed E-state index contributed by atoms with van der Waals surface area (Å²) < 4.78 is 0. The Labute approximate surface area is 208 Å². The maximum absolute atomic E-state index is 6.40. The number of halogens is 1. The summed E-state index contributed by atoms with van der Waals surface area (Å²) in [5.41, 5.74) is 4.89. The van der Waals surface area contributed by atoms with Crippen molar-refractivity contribution in [3.63, 3.8) is 0 Å². The Morgan fingerprint density at radius 1 is 1.15 bits per heavy atom. The van der Waals surface area contributed by atoms with E-state index in [2.05, 4.69) is 54.4 Å². The molecule has 2 aromatic heterocycles. The van der Waals surface area contributed by atoms with E-state index in [1.807, 2.05) is 43.5 Å². The molecule has 0 atom stereocenters. The normalized spacial score (nSPS) is 11.4. The Kier molecular flexibility index (Phi) is 9.23. The molecule has 0 N–H and O–H groups in total. The summed E-state index contributed by atoms with van der Waals surface area (Å²) >= 11 is 6.40. The van der Waals surface area contributed by atoms with E-state index in [-0.39, 0.29) is 0 Å². The third-order valence-electron chi connectivity index (χ3n) is 5.74. The van der Waals surface area contributed by atoms with E-state index in [0.717, 1.165) is 70.7 Å². The summed E-state index contributed by atoms with van der Waals surface area (Å²) in [5, 5.41) is 0.770. The third-order valence-corrected chi connectivity index (χ3v) is 6.14. The maximum atomic E-state index is 6.40. The number of anilines is 2. The van der Waals surface area contributed by atoms with Gasteiger partial charge in [0.25, 0.3) is 0 Å². The molecular formula is C28H34ClN5. The molecule has 3 rings (SSSR count). The smallest absolute Gasteiger partial charge is 0.227 e. The van der Waals surface area contributed by atoms with Gasteiger partial charge in [0.05, 0.1) is 5.69 Å². The second-order valence-electron chi connectivity index (χ2n) is 8.31. The molecule has 0 spiro atoms. The Hall–Kier alpha value is -3.18. The Morgan fingerprint density at radius 2 is 1.97 bits per heavy atom. The number of aryl methyl sites for hydroxylation is 1. The quantitative estimate of drug-likeness (QED) is 0.288. The Morgan fingerprint density at radius 3 is 2.62 bits per heavy atom. The lowest BCUT2D eigenvalue weighted by Crippen LogP contribution is -2.28. The number of unbranched alkanes of at least 4 members (excludes halogenated alkanes) is 1. The highest BCUT2D eigenvalue weighted by Gasteiger charge is 2.19. The highest BCUT2D eigenvalue weighted by atomic mass is 35.5. The standard InChI is InChI=1S/C28H34ClN5/c1-6-9-17-34(8-3)28-31-19-24(23(12-7-2)26-13-10-11-16-30-26)27(32-28)33(5)20-22-15-14-21(4)25(29)18-22/h7,10-16,18-19H,2,6,8-9,17,20H2,1,3-5H3/b23-12+. The molecule has 0 aliphatic rings. The number of hydrogen-bond acceptors (Lipinski definition) is 5. The lowest BCUT2D eigenvalue weighted by atomic mass is 10.0. The Balaban J connectivity index is 2.09. The van der Waals surface area contributed by atoms with Crippen LogP contribution in [0, 0.1) is 6.92 Å². The molecule has 0 aliphatic carbocycles. The molecule has 0 unspecified atom stereocenters. The van der Waals surface area contributed by atoms with Crippen molar-refractivity contribution in [1.29, 1.82) is 0 Å². The largest absolute Gasteiger partial charge is 0.355 e. The molecule has 0 radical (unpaired) electrons. The second-order valence-corrected chi connectivity index (χ2v) is 8.72.